The summed E-state index contributed by atoms with van der Waals surface area (Å²) >= 11 is 0. The fraction of sp³-hybridized carbons (Fsp3) is 0.429. The molecule has 90 valence electrons. The first-order valence-electron chi connectivity index (χ1n) is 6.00. The Morgan fingerprint density at radius 3 is 2.82 bits per heavy atom. The Balaban J connectivity index is 2.43. The summed E-state index contributed by atoms with van der Waals surface area (Å²) in [6.45, 7) is 6.42. The molecule has 0 radical (unpaired) electrons. The third-order valence-corrected chi connectivity index (χ3v) is 3.18. The average Bonchev–Trinajstić information content (AvgIpc) is 2.27. The minimum atomic E-state index is -0.0142. The maximum Gasteiger partial charge on any atom is 0.250 e. The standard InChI is InChI=1S/C14H17NO2/c1-10(2)8-9-15-12-4-3-5-13(16)11(12)6-7-14(15)17/h6-7H,1,3-5,8-9H2,2H3. The number of allylic oxidation sites excluding steroid dienone is 1. The van der Waals surface area contributed by atoms with Crippen LogP contribution >= 0.6 is 0 Å². The SMILES string of the molecule is C=C(C)CCn1c2c(ccc1=O)C(=O)CCC2. The number of ketones is 1. The van der Waals surface area contributed by atoms with Crippen LogP contribution in [0.1, 0.15) is 42.2 Å². The van der Waals surface area contributed by atoms with E-state index in [4.69, 9.17) is 0 Å². The summed E-state index contributed by atoms with van der Waals surface area (Å²) in [5.74, 6) is 0.162. The molecular formula is C14H17NO2. The first kappa shape index (κ1) is 11.8. The van der Waals surface area contributed by atoms with E-state index in [2.05, 4.69) is 6.58 Å². The van der Waals surface area contributed by atoms with Crippen LogP contribution in [0.3, 0.4) is 0 Å². The predicted octanol–water partition coefficient (Wildman–Crippen LogP) is 2.33. The highest BCUT2D eigenvalue weighted by Crippen LogP contribution is 2.20. The lowest BCUT2D eigenvalue weighted by Gasteiger charge is -2.19. The number of carbonyl (C=O) groups excluding carboxylic acids is 1. The minimum Gasteiger partial charge on any atom is -0.312 e. The van der Waals surface area contributed by atoms with Crippen LogP contribution in [0.15, 0.2) is 29.1 Å². The molecule has 1 aliphatic carbocycles. The fourth-order valence-electron chi connectivity index (χ4n) is 2.24. The van der Waals surface area contributed by atoms with Crippen LogP contribution in [0, 0.1) is 0 Å². The van der Waals surface area contributed by atoms with Gasteiger partial charge >= 0.3 is 0 Å². The molecule has 0 spiro atoms. The Morgan fingerprint density at radius 1 is 1.35 bits per heavy atom. The van der Waals surface area contributed by atoms with Crippen LogP contribution in [-0.4, -0.2) is 10.4 Å². The fourth-order valence-corrected chi connectivity index (χ4v) is 2.24. The lowest BCUT2D eigenvalue weighted by Crippen LogP contribution is -2.28. The van der Waals surface area contributed by atoms with Gasteiger partial charge in [0, 0.05) is 30.3 Å². The largest absolute Gasteiger partial charge is 0.312 e. The number of fused-ring (bicyclic) bond motifs is 1. The van der Waals surface area contributed by atoms with Crippen LogP contribution in [0.2, 0.25) is 0 Å². The van der Waals surface area contributed by atoms with Gasteiger partial charge in [-0.05, 0) is 32.3 Å². The number of aromatic nitrogens is 1. The zero-order valence-electron chi connectivity index (χ0n) is 10.2. The molecule has 0 N–H and O–H groups in total. The third kappa shape index (κ3) is 2.38. The number of Topliss-reactive ketones (excluding diaryl/α,β-unsaturated/α-hetero) is 1. The van der Waals surface area contributed by atoms with Crippen LogP contribution in [0.25, 0.3) is 0 Å². The first-order chi connectivity index (χ1) is 8.09. The van der Waals surface area contributed by atoms with E-state index < -0.39 is 0 Å². The van der Waals surface area contributed by atoms with E-state index >= 15 is 0 Å². The average molecular weight is 231 g/mol. The molecule has 0 aromatic carbocycles. The second-order valence-electron chi connectivity index (χ2n) is 4.67. The van der Waals surface area contributed by atoms with Gasteiger partial charge in [-0.25, -0.2) is 0 Å². The van der Waals surface area contributed by atoms with Gasteiger partial charge in [0.05, 0.1) is 0 Å². The Labute approximate surface area is 101 Å². The molecule has 0 saturated carbocycles. The van der Waals surface area contributed by atoms with Gasteiger partial charge in [0.1, 0.15) is 0 Å². The van der Waals surface area contributed by atoms with Crippen LogP contribution in [-0.2, 0) is 13.0 Å². The van der Waals surface area contributed by atoms with Gasteiger partial charge in [-0.2, -0.15) is 0 Å². The molecule has 1 aliphatic rings. The smallest absolute Gasteiger partial charge is 0.250 e. The number of pyridine rings is 1. The van der Waals surface area contributed by atoms with Crippen molar-refractivity contribution < 1.29 is 4.79 Å². The highest BCUT2D eigenvalue weighted by Gasteiger charge is 2.20. The molecule has 1 aromatic heterocycles. The summed E-state index contributed by atoms with van der Waals surface area (Å²) in [6.07, 6.45) is 3.06. The molecule has 1 aromatic rings. The van der Waals surface area contributed by atoms with Crippen LogP contribution in [0.5, 0.6) is 0 Å². The molecule has 3 heteroatoms. The highest BCUT2D eigenvalue weighted by atomic mass is 16.1. The van der Waals surface area contributed by atoms with Crippen molar-refractivity contribution in [3.05, 3.63) is 45.9 Å². The maximum absolute atomic E-state index is 11.8. The summed E-state index contributed by atoms with van der Waals surface area (Å²) in [7, 11) is 0. The normalized spacial score (nSPS) is 14.5. The van der Waals surface area contributed by atoms with E-state index in [1.807, 2.05) is 6.92 Å². The molecule has 0 aliphatic heterocycles. The van der Waals surface area contributed by atoms with Gasteiger partial charge in [-0.1, -0.05) is 5.57 Å². The van der Waals surface area contributed by atoms with Crippen molar-refractivity contribution in [2.45, 2.75) is 39.2 Å². The highest BCUT2D eigenvalue weighted by molar-refractivity contribution is 5.97. The van der Waals surface area contributed by atoms with Crippen LogP contribution in [0.4, 0.5) is 0 Å². The van der Waals surface area contributed by atoms with Gasteiger partial charge in [-0.15, -0.1) is 6.58 Å². The van der Waals surface area contributed by atoms with Gasteiger partial charge in [-0.3, -0.25) is 9.59 Å². The second kappa shape index (κ2) is 4.70. The molecular weight excluding hydrogens is 214 g/mol. The number of nitrogens with zero attached hydrogens (tertiary/aromatic N) is 1. The topological polar surface area (TPSA) is 39.1 Å². The zero-order valence-corrected chi connectivity index (χ0v) is 10.2. The molecule has 0 atom stereocenters. The lowest BCUT2D eigenvalue weighted by molar-refractivity contribution is 0.0970. The van der Waals surface area contributed by atoms with Crippen molar-refractivity contribution in [2.24, 2.45) is 0 Å². The molecule has 0 unspecified atom stereocenters. The van der Waals surface area contributed by atoms with Crippen molar-refractivity contribution in [3.8, 4) is 0 Å². The number of rotatable bonds is 3. The molecule has 1 heterocycles. The van der Waals surface area contributed by atoms with Gasteiger partial charge in [0.2, 0.25) is 0 Å². The second-order valence-corrected chi connectivity index (χ2v) is 4.67. The monoisotopic (exact) mass is 231 g/mol. The molecule has 2 rings (SSSR count). The Morgan fingerprint density at radius 2 is 2.12 bits per heavy atom. The van der Waals surface area contributed by atoms with Crippen molar-refractivity contribution >= 4 is 5.78 Å². The molecule has 0 saturated heterocycles. The van der Waals surface area contributed by atoms with E-state index in [1.165, 1.54) is 6.07 Å². The number of hydrogen-bond donors (Lipinski definition) is 0. The van der Waals surface area contributed by atoms with Crippen molar-refractivity contribution in [2.75, 3.05) is 0 Å². The van der Waals surface area contributed by atoms with E-state index in [0.29, 0.717) is 13.0 Å². The maximum atomic E-state index is 11.8. The summed E-state index contributed by atoms with van der Waals surface area (Å²) in [6, 6.07) is 3.18. The Bertz CT molecular complexity index is 526. The van der Waals surface area contributed by atoms with Gasteiger partial charge in [0.15, 0.2) is 5.78 Å². The van der Waals surface area contributed by atoms with Crippen LogP contribution < -0.4 is 5.56 Å². The molecule has 3 nitrogen and oxygen atoms in total. The van der Waals surface area contributed by atoms with E-state index in [-0.39, 0.29) is 11.3 Å². The molecule has 0 bridgehead atoms. The van der Waals surface area contributed by atoms with Gasteiger partial charge in [0.25, 0.3) is 5.56 Å². The van der Waals surface area contributed by atoms with E-state index in [1.54, 1.807) is 10.6 Å². The lowest BCUT2D eigenvalue weighted by atomic mass is 9.94. The van der Waals surface area contributed by atoms with Crippen molar-refractivity contribution in [1.82, 2.24) is 4.57 Å². The quantitative estimate of drug-likeness (QED) is 0.749. The molecule has 0 fully saturated rings. The summed E-state index contributed by atoms with van der Waals surface area (Å²) < 4.78 is 1.74. The molecule has 0 amide bonds. The number of carbonyl (C=O) groups is 1. The minimum absolute atomic E-state index is 0.0142. The summed E-state index contributed by atoms with van der Waals surface area (Å²) in [4.78, 5) is 23.6. The third-order valence-electron chi connectivity index (χ3n) is 3.18. The Hall–Kier alpha value is -1.64. The van der Waals surface area contributed by atoms with Crippen molar-refractivity contribution in [3.63, 3.8) is 0 Å². The van der Waals surface area contributed by atoms with E-state index in [9.17, 15) is 9.59 Å². The molecule has 17 heavy (non-hydrogen) atoms. The number of hydrogen-bond acceptors (Lipinski definition) is 2. The first-order valence-corrected chi connectivity index (χ1v) is 6.00. The Kier molecular flexibility index (Phi) is 3.27. The predicted molar refractivity (Wildman–Crippen MR) is 67.4 cm³/mol. The van der Waals surface area contributed by atoms with Crippen molar-refractivity contribution in [1.29, 1.82) is 0 Å². The summed E-state index contributed by atoms with van der Waals surface area (Å²) in [5.41, 5.74) is 2.68. The van der Waals surface area contributed by atoms with E-state index in [0.717, 1.165) is 36.1 Å². The zero-order chi connectivity index (χ0) is 12.4. The van der Waals surface area contributed by atoms with Gasteiger partial charge < -0.3 is 4.57 Å². The summed E-state index contributed by atoms with van der Waals surface area (Å²) in [5, 5.41) is 0.